The standard InChI is InChI=1S/C33H43N5O6S/c1-21-19-37(15-16-38(21)31(41)44-32(2,3)4)26-14-9-22(17-25(26)28(39)43-8)18-34-29(40)36-30-35-27(20-45-30)33(5,6)23-10-12-24(42-7)13-11-23/h9-14,17,20-21H,15-16,18-19H2,1-8H3,(H2,34,35,36,40). The van der Waals surface area contributed by atoms with Gasteiger partial charge in [0.15, 0.2) is 5.13 Å². The van der Waals surface area contributed by atoms with Crippen LogP contribution in [0.1, 0.15) is 68.7 Å². The van der Waals surface area contributed by atoms with Gasteiger partial charge in [0.25, 0.3) is 0 Å². The number of nitrogens with zero attached hydrogens (tertiary/aromatic N) is 3. The van der Waals surface area contributed by atoms with Crippen LogP contribution >= 0.6 is 11.3 Å². The highest BCUT2D eigenvalue weighted by molar-refractivity contribution is 7.13. The second-order valence-corrected chi connectivity index (χ2v) is 13.4. The summed E-state index contributed by atoms with van der Waals surface area (Å²) < 4.78 is 15.9. The molecule has 2 heterocycles. The normalized spacial score (nSPS) is 15.3. The lowest BCUT2D eigenvalue weighted by molar-refractivity contribution is 0.0158. The predicted molar refractivity (Wildman–Crippen MR) is 175 cm³/mol. The van der Waals surface area contributed by atoms with Crippen LogP contribution in [0.2, 0.25) is 0 Å². The summed E-state index contributed by atoms with van der Waals surface area (Å²) in [7, 11) is 2.97. The highest BCUT2D eigenvalue weighted by atomic mass is 32.1. The van der Waals surface area contributed by atoms with E-state index in [9.17, 15) is 14.4 Å². The number of carbonyl (C=O) groups is 3. The van der Waals surface area contributed by atoms with Gasteiger partial charge in [-0.05, 0) is 63.1 Å². The van der Waals surface area contributed by atoms with Gasteiger partial charge in [0.1, 0.15) is 11.4 Å². The SMILES string of the molecule is COC(=O)c1cc(CNC(=O)Nc2nc(C(C)(C)c3ccc(OC)cc3)cs2)ccc1N1CCN(C(=O)OC(C)(C)C)C(C)C1. The van der Waals surface area contributed by atoms with E-state index in [0.29, 0.717) is 36.0 Å². The molecule has 2 N–H and O–H groups in total. The molecule has 0 radical (unpaired) electrons. The molecule has 3 aromatic rings. The van der Waals surface area contributed by atoms with Gasteiger partial charge in [-0.3, -0.25) is 5.32 Å². The van der Waals surface area contributed by atoms with Crippen molar-refractivity contribution in [2.24, 2.45) is 0 Å². The number of thiazole rings is 1. The molecule has 0 bridgehead atoms. The molecule has 1 unspecified atom stereocenters. The molecule has 4 rings (SSSR count). The number of anilines is 2. The summed E-state index contributed by atoms with van der Waals surface area (Å²) in [6.07, 6.45) is -0.350. The Morgan fingerprint density at radius 2 is 1.73 bits per heavy atom. The first kappa shape index (κ1) is 33.6. The van der Waals surface area contributed by atoms with Crippen LogP contribution in [-0.4, -0.2) is 73.5 Å². The number of carbonyl (C=O) groups excluding carboxylic acids is 3. The van der Waals surface area contributed by atoms with Crippen molar-refractivity contribution in [3.63, 3.8) is 0 Å². The number of hydrogen-bond donors (Lipinski definition) is 2. The number of benzene rings is 2. The van der Waals surface area contributed by atoms with Gasteiger partial charge in [-0.25, -0.2) is 19.4 Å². The second kappa shape index (κ2) is 13.8. The van der Waals surface area contributed by atoms with Crippen molar-refractivity contribution in [3.8, 4) is 5.75 Å². The first-order valence-electron chi connectivity index (χ1n) is 14.8. The Kier molecular flexibility index (Phi) is 10.3. The zero-order chi connectivity index (χ0) is 32.9. The lowest BCUT2D eigenvalue weighted by atomic mass is 9.82. The minimum Gasteiger partial charge on any atom is -0.497 e. The van der Waals surface area contributed by atoms with E-state index >= 15 is 0 Å². The van der Waals surface area contributed by atoms with Gasteiger partial charge in [-0.2, -0.15) is 0 Å². The number of esters is 1. The van der Waals surface area contributed by atoms with Crippen molar-refractivity contribution in [3.05, 3.63) is 70.2 Å². The molecule has 1 aromatic heterocycles. The maximum atomic E-state index is 12.8. The van der Waals surface area contributed by atoms with E-state index in [0.717, 1.165) is 22.6 Å². The Hall–Kier alpha value is -4.32. The summed E-state index contributed by atoms with van der Waals surface area (Å²) >= 11 is 1.35. The lowest BCUT2D eigenvalue weighted by Gasteiger charge is -2.41. The molecule has 1 saturated heterocycles. The Balaban J connectivity index is 1.38. The zero-order valence-corrected chi connectivity index (χ0v) is 28.0. The van der Waals surface area contributed by atoms with E-state index in [2.05, 4.69) is 34.4 Å². The molecular formula is C33H43N5O6S. The van der Waals surface area contributed by atoms with Crippen molar-refractivity contribution < 1.29 is 28.6 Å². The third-order valence-corrected chi connectivity index (χ3v) is 8.45. The van der Waals surface area contributed by atoms with E-state index in [1.165, 1.54) is 18.4 Å². The zero-order valence-electron chi connectivity index (χ0n) is 27.2. The average molecular weight is 638 g/mol. The number of urea groups is 1. The fourth-order valence-electron chi connectivity index (χ4n) is 5.11. The van der Waals surface area contributed by atoms with E-state index < -0.39 is 17.6 Å². The first-order valence-corrected chi connectivity index (χ1v) is 15.7. The monoisotopic (exact) mass is 637 g/mol. The summed E-state index contributed by atoms with van der Waals surface area (Å²) in [5.74, 6) is 0.307. The van der Waals surface area contributed by atoms with Crippen LogP contribution in [-0.2, 0) is 21.4 Å². The van der Waals surface area contributed by atoms with Gasteiger partial charge in [0.05, 0.1) is 31.2 Å². The molecule has 0 spiro atoms. The first-order chi connectivity index (χ1) is 21.2. The van der Waals surface area contributed by atoms with Crippen LogP contribution in [0, 0.1) is 0 Å². The molecule has 0 saturated carbocycles. The Bertz CT molecular complexity index is 1510. The van der Waals surface area contributed by atoms with Crippen LogP contribution in [0.4, 0.5) is 20.4 Å². The number of rotatable bonds is 8. The maximum Gasteiger partial charge on any atom is 0.410 e. The number of hydrogen-bond acceptors (Lipinski definition) is 9. The average Bonchev–Trinajstić information content (AvgIpc) is 3.48. The van der Waals surface area contributed by atoms with E-state index in [1.54, 1.807) is 18.1 Å². The Labute approximate surface area is 268 Å². The molecule has 242 valence electrons. The summed E-state index contributed by atoms with van der Waals surface area (Å²) in [6, 6.07) is 12.8. The van der Waals surface area contributed by atoms with Crippen LogP contribution in [0.25, 0.3) is 0 Å². The van der Waals surface area contributed by atoms with E-state index in [-0.39, 0.29) is 24.1 Å². The van der Waals surface area contributed by atoms with Gasteiger partial charge in [0.2, 0.25) is 0 Å². The fraction of sp³-hybridized carbons (Fsp3) is 0.455. The van der Waals surface area contributed by atoms with Crippen LogP contribution < -0.4 is 20.3 Å². The molecular weight excluding hydrogens is 594 g/mol. The lowest BCUT2D eigenvalue weighted by Crippen LogP contribution is -2.55. The molecule has 1 fully saturated rings. The summed E-state index contributed by atoms with van der Waals surface area (Å²) in [5.41, 5.74) is 2.80. The summed E-state index contributed by atoms with van der Waals surface area (Å²) in [5, 5.41) is 8.08. The fourth-order valence-corrected chi connectivity index (χ4v) is 5.98. The second-order valence-electron chi connectivity index (χ2n) is 12.5. The smallest absolute Gasteiger partial charge is 0.410 e. The molecule has 1 aliphatic rings. The number of piperazine rings is 1. The number of aromatic nitrogens is 1. The number of ether oxygens (including phenoxy) is 3. The van der Waals surface area contributed by atoms with Crippen molar-refractivity contribution in [1.82, 2.24) is 15.2 Å². The molecule has 1 aliphatic heterocycles. The van der Waals surface area contributed by atoms with E-state index in [4.69, 9.17) is 14.2 Å². The Morgan fingerprint density at radius 1 is 1.02 bits per heavy atom. The predicted octanol–water partition coefficient (Wildman–Crippen LogP) is 6.03. The number of nitrogens with one attached hydrogen (secondary N) is 2. The molecule has 3 amide bonds. The molecule has 2 aromatic carbocycles. The maximum absolute atomic E-state index is 12.8. The molecule has 11 nitrogen and oxygen atoms in total. The minimum atomic E-state index is -0.579. The highest BCUT2D eigenvalue weighted by Crippen LogP contribution is 2.34. The third kappa shape index (κ3) is 8.24. The molecule has 0 aliphatic carbocycles. The summed E-state index contributed by atoms with van der Waals surface area (Å²) in [4.78, 5) is 46.7. The van der Waals surface area contributed by atoms with Gasteiger partial charge in [0, 0.05) is 43.0 Å². The van der Waals surface area contributed by atoms with Crippen LogP contribution in [0.5, 0.6) is 5.75 Å². The summed E-state index contributed by atoms with van der Waals surface area (Å²) in [6.45, 7) is 13.3. The van der Waals surface area contributed by atoms with Gasteiger partial charge < -0.3 is 29.3 Å². The highest BCUT2D eigenvalue weighted by Gasteiger charge is 2.32. The van der Waals surface area contributed by atoms with Crippen molar-refractivity contribution in [2.45, 2.75) is 65.1 Å². The van der Waals surface area contributed by atoms with Gasteiger partial charge in [-0.15, -0.1) is 11.3 Å². The van der Waals surface area contributed by atoms with Gasteiger partial charge in [-0.1, -0.05) is 32.0 Å². The van der Waals surface area contributed by atoms with Gasteiger partial charge >= 0.3 is 18.1 Å². The van der Waals surface area contributed by atoms with Crippen molar-refractivity contribution >= 4 is 40.2 Å². The third-order valence-electron chi connectivity index (χ3n) is 7.69. The molecule has 12 heteroatoms. The van der Waals surface area contributed by atoms with E-state index in [1.807, 2.05) is 69.5 Å². The Morgan fingerprint density at radius 3 is 2.36 bits per heavy atom. The number of methoxy groups -OCH3 is 2. The van der Waals surface area contributed by atoms with Crippen LogP contribution in [0.15, 0.2) is 47.8 Å². The van der Waals surface area contributed by atoms with Crippen molar-refractivity contribution in [1.29, 1.82) is 0 Å². The quantitative estimate of drug-likeness (QED) is 0.287. The van der Waals surface area contributed by atoms with Crippen LogP contribution in [0.3, 0.4) is 0 Å². The molecule has 1 atom stereocenters. The number of amides is 3. The minimum absolute atomic E-state index is 0.128. The largest absolute Gasteiger partial charge is 0.497 e. The molecule has 45 heavy (non-hydrogen) atoms. The van der Waals surface area contributed by atoms with Crippen molar-refractivity contribution in [2.75, 3.05) is 44.1 Å². The topological polar surface area (TPSA) is 122 Å².